The summed E-state index contributed by atoms with van der Waals surface area (Å²) in [7, 11) is 1.57. The van der Waals surface area contributed by atoms with Crippen molar-refractivity contribution < 1.29 is 14.6 Å². The molecule has 1 saturated heterocycles. The standard InChI is InChI=1S/C13H17NO3/c1-17-12-5-4-11(15)8-10(12)9-13(16)14-6-2-3-7-14/h4-5,8,15H,2-3,6-7,9H2,1H3. The molecule has 0 atom stereocenters. The molecule has 0 unspecified atom stereocenters. The largest absolute Gasteiger partial charge is 0.508 e. The van der Waals surface area contributed by atoms with Crippen LogP contribution in [0.5, 0.6) is 11.5 Å². The summed E-state index contributed by atoms with van der Waals surface area (Å²) < 4.78 is 5.18. The van der Waals surface area contributed by atoms with Crippen LogP contribution in [0.4, 0.5) is 0 Å². The van der Waals surface area contributed by atoms with Gasteiger partial charge in [0.15, 0.2) is 0 Å². The van der Waals surface area contributed by atoms with E-state index in [9.17, 15) is 9.90 Å². The molecule has 1 fully saturated rings. The Kier molecular flexibility index (Phi) is 3.52. The topological polar surface area (TPSA) is 49.8 Å². The van der Waals surface area contributed by atoms with Gasteiger partial charge in [0.1, 0.15) is 11.5 Å². The van der Waals surface area contributed by atoms with Crippen molar-refractivity contribution in [2.45, 2.75) is 19.3 Å². The third-order valence-corrected chi connectivity index (χ3v) is 3.06. The average molecular weight is 235 g/mol. The fraction of sp³-hybridized carbons (Fsp3) is 0.462. The Morgan fingerprint density at radius 3 is 2.76 bits per heavy atom. The first kappa shape index (κ1) is 11.8. The highest BCUT2D eigenvalue weighted by atomic mass is 16.5. The van der Waals surface area contributed by atoms with Gasteiger partial charge in [0.05, 0.1) is 13.5 Å². The zero-order valence-electron chi connectivity index (χ0n) is 9.98. The molecule has 0 aliphatic carbocycles. The minimum atomic E-state index is 0.103. The molecule has 0 aromatic heterocycles. The van der Waals surface area contributed by atoms with Crippen LogP contribution in [0.1, 0.15) is 18.4 Å². The van der Waals surface area contributed by atoms with Crippen molar-refractivity contribution in [2.24, 2.45) is 0 Å². The fourth-order valence-corrected chi connectivity index (χ4v) is 2.14. The number of likely N-dealkylation sites (tertiary alicyclic amines) is 1. The van der Waals surface area contributed by atoms with Gasteiger partial charge in [0.2, 0.25) is 5.91 Å². The summed E-state index contributed by atoms with van der Waals surface area (Å²) in [4.78, 5) is 13.8. The first-order valence-corrected chi connectivity index (χ1v) is 5.84. The lowest BCUT2D eigenvalue weighted by Crippen LogP contribution is -2.29. The van der Waals surface area contributed by atoms with Crippen LogP contribution in [0.25, 0.3) is 0 Å². The van der Waals surface area contributed by atoms with Crippen LogP contribution in [0.2, 0.25) is 0 Å². The second kappa shape index (κ2) is 5.08. The fourth-order valence-electron chi connectivity index (χ4n) is 2.14. The molecule has 4 nitrogen and oxygen atoms in total. The molecule has 1 aromatic carbocycles. The third-order valence-electron chi connectivity index (χ3n) is 3.06. The molecule has 4 heteroatoms. The Bertz CT molecular complexity index is 411. The van der Waals surface area contributed by atoms with Crippen molar-refractivity contribution >= 4 is 5.91 Å². The van der Waals surface area contributed by atoms with Gasteiger partial charge >= 0.3 is 0 Å². The van der Waals surface area contributed by atoms with Gasteiger partial charge in [0, 0.05) is 18.7 Å². The smallest absolute Gasteiger partial charge is 0.227 e. The van der Waals surface area contributed by atoms with Gasteiger partial charge in [-0.2, -0.15) is 0 Å². The van der Waals surface area contributed by atoms with Crippen molar-refractivity contribution in [3.05, 3.63) is 23.8 Å². The van der Waals surface area contributed by atoms with E-state index in [2.05, 4.69) is 0 Å². The lowest BCUT2D eigenvalue weighted by Gasteiger charge is -2.16. The van der Waals surface area contributed by atoms with E-state index in [-0.39, 0.29) is 18.1 Å². The number of ether oxygens (including phenoxy) is 1. The highest BCUT2D eigenvalue weighted by Gasteiger charge is 2.19. The second-order valence-corrected chi connectivity index (χ2v) is 4.26. The van der Waals surface area contributed by atoms with Crippen molar-refractivity contribution in [1.29, 1.82) is 0 Å². The lowest BCUT2D eigenvalue weighted by atomic mass is 10.1. The van der Waals surface area contributed by atoms with Gasteiger partial charge in [-0.15, -0.1) is 0 Å². The van der Waals surface area contributed by atoms with Crippen LogP contribution < -0.4 is 4.74 Å². The summed E-state index contributed by atoms with van der Waals surface area (Å²) in [5.74, 6) is 0.914. The Morgan fingerprint density at radius 1 is 1.41 bits per heavy atom. The third kappa shape index (κ3) is 2.70. The highest BCUT2D eigenvalue weighted by Crippen LogP contribution is 2.24. The van der Waals surface area contributed by atoms with Crippen LogP contribution in [-0.4, -0.2) is 36.1 Å². The monoisotopic (exact) mass is 235 g/mol. The molecular formula is C13H17NO3. The van der Waals surface area contributed by atoms with Crippen molar-refractivity contribution in [3.63, 3.8) is 0 Å². The first-order chi connectivity index (χ1) is 8.20. The molecule has 0 radical (unpaired) electrons. The zero-order chi connectivity index (χ0) is 12.3. The average Bonchev–Trinajstić information content (AvgIpc) is 2.83. The Morgan fingerprint density at radius 2 is 2.12 bits per heavy atom. The normalized spacial score (nSPS) is 15.0. The van der Waals surface area contributed by atoms with Gasteiger partial charge < -0.3 is 14.7 Å². The highest BCUT2D eigenvalue weighted by molar-refractivity contribution is 5.79. The number of hydrogen-bond donors (Lipinski definition) is 1. The maximum absolute atomic E-state index is 12.0. The summed E-state index contributed by atoms with van der Waals surface area (Å²) >= 11 is 0. The zero-order valence-corrected chi connectivity index (χ0v) is 9.98. The first-order valence-electron chi connectivity index (χ1n) is 5.84. The number of methoxy groups -OCH3 is 1. The van der Waals surface area contributed by atoms with Crippen LogP contribution in [0.3, 0.4) is 0 Å². The quantitative estimate of drug-likeness (QED) is 0.865. The number of aromatic hydroxyl groups is 1. The number of hydrogen-bond acceptors (Lipinski definition) is 3. The van der Waals surface area contributed by atoms with Crippen LogP contribution in [-0.2, 0) is 11.2 Å². The van der Waals surface area contributed by atoms with E-state index in [1.165, 1.54) is 0 Å². The minimum absolute atomic E-state index is 0.103. The van der Waals surface area contributed by atoms with E-state index in [4.69, 9.17) is 4.74 Å². The number of rotatable bonds is 3. The van der Waals surface area contributed by atoms with E-state index in [0.29, 0.717) is 5.75 Å². The Hall–Kier alpha value is -1.71. The number of carbonyl (C=O) groups is 1. The molecule has 1 aliphatic rings. The molecule has 0 bridgehead atoms. The van der Waals surface area contributed by atoms with E-state index >= 15 is 0 Å². The predicted octanol–water partition coefficient (Wildman–Crippen LogP) is 1.57. The molecule has 2 rings (SSSR count). The SMILES string of the molecule is COc1ccc(O)cc1CC(=O)N1CCCC1. The van der Waals surface area contributed by atoms with E-state index in [1.807, 2.05) is 4.90 Å². The van der Waals surface area contributed by atoms with E-state index in [0.717, 1.165) is 31.5 Å². The number of amides is 1. The molecular weight excluding hydrogens is 218 g/mol. The van der Waals surface area contributed by atoms with Gasteiger partial charge in [-0.05, 0) is 31.0 Å². The van der Waals surface area contributed by atoms with E-state index < -0.39 is 0 Å². The molecule has 17 heavy (non-hydrogen) atoms. The molecule has 1 N–H and O–H groups in total. The minimum Gasteiger partial charge on any atom is -0.508 e. The molecule has 1 aliphatic heterocycles. The van der Waals surface area contributed by atoms with Crippen molar-refractivity contribution in [1.82, 2.24) is 4.90 Å². The van der Waals surface area contributed by atoms with Crippen LogP contribution in [0.15, 0.2) is 18.2 Å². The van der Waals surface area contributed by atoms with Crippen molar-refractivity contribution in [2.75, 3.05) is 20.2 Å². The Balaban J connectivity index is 2.11. The summed E-state index contributed by atoms with van der Waals surface area (Å²) in [6, 6.07) is 4.83. The number of benzene rings is 1. The molecule has 1 aromatic rings. The lowest BCUT2D eigenvalue weighted by molar-refractivity contribution is -0.129. The van der Waals surface area contributed by atoms with Gasteiger partial charge in [-0.1, -0.05) is 0 Å². The molecule has 0 spiro atoms. The van der Waals surface area contributed by atoms with Crippen LogP contribution in [0, 0.1) is 0 Å². The Labute approximate surface area is 101 Å². The maximum Gasteiger partial charge on any atom is 0.227 e. The number of carbonyl (C=O) groups excluding carboxylic acids is 1. The number of phenols is 1. The maximum atomic E-state index is 12.0. The summed E-state index contributed by atoms with van der Waals surface area (Å²) in [5.41, 5.74) is 0.740. The number of phenolic OH excluding ortho intramolecular Hbond substituents is 1. The predicted molar refractivity (Wildman–Crippen MR) is 64.2 cm³/mol. The summed E-state index contributed by atoms with van der Waals surface area (Å²) in [6.45, 7) is 1.69. The molecule has 1 heterocycles. The molecule has 92 valence electrons. The second-order valence-electron chi connectivity index (χ2n) is 4.26. The van der Waals surface area contributed by atoms with Gasteiger partial charge in [-0.3, -0.25) is 4.79 Å². The molecule has 0 saturated carbocycles. The van der Waals surface area contributed by atoms with Crippen molar-refractivity contribution in [3.8, 4) is 11.5 Å². The summed E-state index contributed by atoms with van der Waals surface area (Å²) in [6.07, 6.45) is 2.46. The number of nitrogens with zero attached hydrogens (tertiary/aromatic N) is 1. The van der Waals surface area contributed by atoms with Crippen LogP contribution >= 0.6 is 0 Å². The molecule has 1 amide bonds. The van der Waals surface area contributed by atoms with Gasteiger partial charge in [-0.25, -0.2) is 0 Å². The van der Waals surface area contributed by atoms with Gasteiger partial charge in [0.25, 0.3) is 0 Å². The summed E-state index contributed by atoms with van der Waals surface area (Å²) in [5, 5.41) is 9.43. The van der Waals surface area contributed by atoms with E-state index in [1.54, 1.807) is 25.3 Å².